The number of carbonyl (C=O) groups is 1. The third kappa shape index (κ3) is 5.52. The number of aromatic amines is 1. The van der Waals surface area contributed by atoms with Gasteiger partial charge >= 0.3 is 0 Å². The van der Waals surface area contributed by atoms with Gasteiger partial charge in [-0.25, -0.2) is 4.98 Å². The zero-order chi connectivity index (χ0) is 19.4. The van der Waals surface area contributed by atoms with Crippen molar-refractivity contribution in [2.24, 2.45) is 0 Å². The van der Waals surface area contributed by atoms with Crippen molar-refractivity contribution < 1.29 is 4.79 Å². The number of hydrogen-bond donors (Lipinski definition) is 2. The average Bonchev–Trinajstić information content (AvgIpc) is 3.06. The van der Waals surface area contributed by atoms with E-state index < -0.39 is 0 Å². The molecule has 1 amide bonds. The molecule has 0 atom stereocenters. The smallest absolute Gasteiger partial charge is 0.273 e. The van der Waals surface area contributed by atoms with Crippen molar-refractivity contribution in [3.8, 4) is 0 Å². The fourth-order valence-corrected chi connectivity index (χ4v) is 3.82. The molecule has 11 heteroatoms. The number of aryl methyl sites for hydroxylation is 1. The van der Waals surface area contributed by atoms with E-state index in [4.69, 9.17) is 23.2 Å². The summed E-state index contributed by atoms with van der Waals surface area (Å²) in [6, 6.07) is 5.45. The van der Waals surface area contributed by atoms with Gasteiger partial charge in [-0.1, -0.05) is 41.0 Å². The summed E-state index contributed by atoms with van der Waals surface area (Å²) in [6.07, 6.45) is 2.35. The fourth-order valence-electron chi connectivity index (χ4n) is 2.03. The second kappa shape index (κ2) is 8.83. The number of aromatic nitrogens is 4. The first-order chi connectivity index (χ1) is 12.9. The van der Waals surface area contributed by atoms with Crippen molar-refractivity contribution in [2.45, 2.75) is 18.5 Å². The standard InChI is InChI=1S/C16H13Cl2N5O2S2/c1-8-14(25)21-16(23-22-8)26-7-13(24)20-15-19-6-10(27-15)4-9-2-3-11(17)12(18)5-9/h2-3,5-6H,4,7H2,1H3,(H,19,20,24)(H,21,23,25). The zero-order valence-electron chi connectivity index (χ0n) is 14.0. The third-order valence-corrected chi connectivity index (χ3v) is 5.86. The summed E-state index contributed by atoms with van der Waals surface area (Å²) in [5.74, 6) is -0.172. The number of H-pyrrole nitrogens is 1. The first-order valence-electron chi connectivity index (χ1n) is 7.65. The topological polar surface area (TPSA) is 101 Å². The van der Waals surface area contributed by atoms with Gasteiger partial charge in [0.1, 0.15) is 5.69 Å². The van der Waals surface area contributed by atoms with E-state index in [1.807, 2.05) is 12.1 Å². The van der Waals surface area contributed by atoms with E-state index in [2.05, 4.69) is 25.5 Å². The monoisotopic (exact) mass is 441 g/mol. The summed E-state index contributed by atoms with van der Waals surface area (Å²) in [4.78, 5) is 31.3. The van der Waals surface area contributed by atoms with Crippen LogP contribution in [0.15, 0.2) is 34.3 Å². The molecule has 3 aromatic rings. The predicted molar refractivity (Wildman–Crippen MR) is 108 cm³/mol. The van der Waals surface area contributed by atoms with Crippen molar-refractivity contribution in [3.05, 3.63) is 60.9 Å². The maximum absolute atomic E-state index is 12.0. The van der Waals surface area contributed by atoms with Gasteiger partial charge in [0.15, 0.2) is 10.3 Å². The number of amides is 1. The van der Waals surface area contributed by atoms with Crippen LogP contribution >= 0.6 is 46.3 Å². The number of nitrogens with one attached hydrogen (secondary N) is 2. The summed E-state index contributed by atoms with van der Waals surface area (Å²) in [6.45, 7) is 1.56. The lowest BCUT2D eigenvalue weighted by atomic mass is 10.1. The predicted octanol–water partition coefficient (Wildman–Crippen LogP) is 3.56. The van der Waals surface area contributed by atoms with Gasteiger partial charge in [0, 0.05) is 17.5 Å². The minimum Gasteiger partial charge on any atom is -0.301 e. The van der Waals surface area contributed by atoms with E-state index in [0.29, 0.717) is 26.8 Å². The molecule has 27 heavy (non-hydrogen) atoms. The third-order valence-electron chi connectivity index (χ3n) is 3.34. The molecule has 1 aromatic carbocycles. The highest BCUT2D eigenvalue weighted by Crippen LogP contribution is 2.26. The van der Waals surface area contributed by atoms with Crippen LogP contribution in [0.25, 0.3) is 0 Å². The number of hydrogen-bond acceptors (Lipinski definition) is 7. The second-order valence-electron chi connectivity index (χ2n) is 5.44. The first kappa shape index (κ1) is 19.8. The lowest BCUT2D eigenvalue weighted by Crippen LogP contribution is -2.17. The Hall–Kier alpha value is -1.94. The number of nitrogens with zero attached hydrogens (tertiary/aromatic N) is 3. The molecule has 0 bridgehead atoms. The number of rotatable bonds is 6. The molecule has 0 aliphatic rings. The van der Waals surface area contributed by atoms with Gasteiger partial charge in [0.05, 0.1) is 15.8 Å². The van der Waals surface area contributed by atoms with Gasteiger partial charge in [-0.2, -0.15) is 0 Å². The van der Waals surface area contributed by atoms with E-state index in [0.717, 1.165) is 22.2 Å². The number of thioether (sulfide) groups is 1. The minimum absolute atomic E-state index is 0.0788. The number of halogens is 2. The number of thiazole rings is 1. The molecule has 2 aromatic heterocycles. The summed E-state index contributed by atoms with van der Waals surface area (Å²) >= 11 is 14.4. The molecule has 0 spiro atoms. The Bertz CT molecular complexity index is 1040. The normalized spacial score (nSPS) is 10.8. The van der Waals surface area contributed by atoms with Crippen molar-refractivity contribution in [3.63, 3.8) is 0 Å². The largest absolute Gasteiger partial charge is 0.301 e. The Morgan fingerprint density at radius 2 is 2.11 bits per heavy atom. The number of carbonyl (C=O) groups excluding carboxylic acids is 1. The Morgan fingerprint density at radius 1 is 1.30 bits per heavy atom. The van der Waals surface area contributed by atoms with Crippen molar-refractivity contribution in [1.29, 1.82) is 0 Å². The lowest BCUT2D eigenvalue weighted by Gasteiger charge is -2.02. The van der Waals surface area contributed by atoms with Crippen LogP contribution in [-0.4, -0.2) is 31.8 Å². The molecule has 0 aliphatic carbocycles. The lowest BCUT2D eigenvalue weighted by molar-refractivity contribution is -0.113. The van der Waals surface area contributed by atoms with Crippen LogP contribution in [-0.2, 0) is 11.2 Å². The zero-order valence-corrected chi connectivity index (χ0v) is 17.1. The molecule has 0 saturated heterocycles. The van der Waals surface area contributed by atoms with Crippen LogP contribution in [0.1, 0.15) is 16.1 Å². The molecule has 0 saturated carbocycles. The Kier molecular flexibility index (Phi) is 6.48. The molecule has 2 N–H and O–H groups in total. The Balaban J connectivity index is 1.55. The number of anilines is 1. The van der Waals surface area contributed by atoms with Gasteiger partial charge in [-0.3, -0.25) is 14.6 Å². The fraction of sp³-hybridized carbons (Fsp3) is 0.188. The molecule has 0 fully saturated rings. The van der Waals surface area contributed by atoms with Crippen molar-refractivity contribution in [2.75, 3.05) is 11.1 Å². The summed E-state index contributed by atoms with van der Waals surface area (Å²) in [5.41, 5.74) is 0.962. The van der Waals surface area contributed by atoms with E-state index >= 15 is 0 Å². The van der Waals surface area contributed by atoms with Gasteiger partial charge in [0.2, 0.25) is 5.91 Å². The molecule has 0 unspecified atom stereocenters. The van der Waals surface area contributed by atoms with Crippen LogP contribution in [0.4, 0.5) is 5.13 Å². The molecule has 0 radical (unpaired) electrons. The molecular formula is C16H13Cl2N5O2S2. The van der Waals surface area contributed by atoms with Gasteiger partial charge in [-0.05, 0) is 24.6 Å². The van der Waals surface area contributed by atoms with E-state index in [1.54, 1.807) is 19.2 Å². The highest BCUT2D eigenvalue weighted by molar-refractivity contribution is 7.99. The van der Waals surface area contributed by atoms with E-state index in [-0.39, 0.29) is 22.9 Å². The quantitative estimate of drug-likeness (QED) is 0.567. The average molecular weight is 442 g/mol. The Labute approximate surface area is 172 Å². The molecule has 0 aliphatic heterocycles. The van der Waals surface area contributed by atoms with Crippen LogP contribution in [0.5, 0.6) is 0 Å². The maximum atomic E-state index is 12.0. The summed E-state index contributed by atoms with van der Waals surface area (Å²) in [5, 5.41) is 12.1. The highest BCUT2D eigenvalue weighted by atomic mass is 35.5. The molecule has 140 valence electrons. The summed E-state index contributed by atoms with van der Waals surface area (Å²) < 4.78 is 0. The van der Waals surface area contributed by atoms with Crippen LogP contribution in [0, 0.1) is 6.92 Å². The van der Waals surface area contributed by atoms with Crippen molar-refractivity contribution >= 4 is 57.3 Å². The molecule has 7 nitrogen and oxygen atoms in total. The van der Waals surface area contributed by atoms with Gasteiger partial charge < -0.3 is 5.32 Å². The maximum Gasteiger partial charge on any atom is 0.273 e. The van der Waals surface area contributed by atoms with Gasteiger partial charge in [0.25, 0.3) is 5.56 Å². The van der Waals surface area contributed by atoms with Crippen LogP contribution in [0.2, 0.25) is 10.0 Å². The van der Waals surface area contributed by atoms with Crippen LogP contribution < -0.4 is 10.9 Å². The highest BCUT2D eigenvalue weighted by Gasteiger charge is 2.10. The molecule has 3 rings (SSSR count). The molecular weight excluding hydrogens is 429 g/mol. The van der Waals surface area contributed by atoms with Gasteiger partial charge in [-0.15, -0.1) is 21.5 Å². The van der Waals surface area contributed by atoms with E-state index in [1.165, 1.54) is 11.3 Å². The molecule has 2 heterocycles. The summed E-state index contributed by atoms with van der Waals surface area (Å²) in [7, 11) is 0. The number of benzene rings is 1. The SMILES string of the molecule is Cc1nnc(SCC(=O)Nc2ncc(Cc3ccc(Cl)c(Cl)c3)s2)[nH]c1=O. The van der Waals surface area contributed by atoms with Crippen molar-refractivity contribution in [1.82, 2.24) is 20.2 Å². The van der Waals surface area contributed by atoms with Crippen LogP contribution in [0.3, 0.4) is 0 Å². The first-order valence-corrected chi connectivity index (χ1v) is 10.2. The second-order valence-corrected chi connectivity index (χ2v) is 8.33. The Morgan fingerprint density at radius 3 is 2.85 bits per heavy atom. The van der Waals surface area contributed by atoms with E-state index in [9.17, 15) is 9.59 Å². The minimum atomic E-state index is -0.320.